The zero-order valence-corrected chi connectivity index (χ0v) is 11.5. The highest BCUT2D eigenvalue weighted by Crippen LogP contribution is 2.17. The average molecular weight is 307 g/mol. The number of aryl methyl sites for hydroxylation is 1. The first-order valence-electron chi connectivity index (χ1n) is 5.60. The second kappa shape index (κ2) is 5.44. The Hall–Kier alpha value is -1.48. The zero-order chi connectivity index (χ0) is 13.1. The maximum Gasteiger partial charge on any atom is 0.167 e. The van der Waals surface area contributed by atoms with Crippen molar-refractivity contribution >= 4 is 21.7 Å². The Morgan fingerprint density at radius 3 is 2.44 bits per heavy atom. The molecule has 0 saturated carbocycles. The van der Waals surface area contributed by atoms with Gasteiger partial charge >= 0.3 is 0 Å². The lowest BCUT2D eigenvalue weighted by atomic mass is 10.0. The number of hydrogen-bond donors (Lipinski definition) is 0. The number of halogens is 2. The van der Waals surface area contributed by atoms with Crippen molar-refractivity contribution in [2.45, 2.75) is 13.3 Å². The summed E-state index contributed by atoms with van der Waals surface area (Å²) in [6.45, 7) is 2.00. The molecule has 2 aromatic carbocycles. The lowest BCUT2D eigenvalue weighted by Crippen LogP contribution is -2.04. The fraction of sp³-hybridized carbons (Fsp3) is 0.133. The summed E-state index contributed by atoms with van der Waals surface area (Å²) in [6.07, 6.45) is 0.293. The van der Waals surface area contributed by atoms with Crippen molar-refractivity contribution in [2.75, 3.05) is 0 Å². The van der Waals surface area contributed by atoms with Gasteiger partial charge in [-0.1, -0.05) is 35.9 Å². The van der Waals surface area contributed by atoms with Crippen LogP contribution in [0.15, 0.2) is 46.9 Å². The van der Waals surface area contributed by atoms with E-state index < -0.39 is 5.82 Å². The third-order valence-corrected chi connectivity index (χ3v) is 3.37. The minimum Gasteiger partial charge on any atom is -0.294 e. The van der Waals surface area contributed by atoms with Gasteiger partial charge in [-0.05, 0) is 40.5 Å². The summed E-state index contributed by atoms with van der Waals surface area (Å²) < 4.78 is 13.7. The highest BCUT2D eigenvalue weighted by molar-refractivity contribution is 9.10. The van der Waals surface area contributed by atoms with Crippen LogP contribution < -0.4 is 0 Å². The minimum atomic E-state index is -0.412. The van der Waals surface area contributed by atoms with Crippen LogP contribution >= 0.6 is 15.9 Å². The van der Waals surface area contributed by atoms with Crippen molar-refractivity contribution in [1.29, 1.82) is 0 Å². The van der Waals surface area contributed by atoms with Gasteiger partial charge in [-0.3, -0.25) is 4.79 Å². The van der Waals surface area contributed by atoms with Crippen molar-refractivity contribution in [1.82, 2.24) is 0 Å². The van der Waals surface area contributed by atoms with Crippen LogP contribution in [0.3, 0.4) is 0 Å². The Bertz CT molecular complexity index is 576. The molecule has 0 fully saturated rings. The monoisotopic (exact) mass is 306 g/mol. The van der Waals surface area contributed by atoms with Crippen LogP contribution in [0.4, 0.5) is 4.39 Å². The van der Waals surface area contributed by atoms with Gasteiger partial charge in [0, 0.05) is 12.0 Å². The van der Waals surface area contributed by atoms with E-state index in [-0.39, 0.29) is 5.78 Å². The minimum absolute atomic E-state index is 0.0785. The molecule has 0 N–H and O–H groups in total. The molecule has 0 aliphatic rings. The molecule has 0 unspecified atom stereocenters. The summed E-state index contributed by atoms with van der Waals surface area (Å²) in [5, 5.41) is 0. The van der Waals surface area contributed by atoms with E-state index in [1.165, 1.54) is 6.07 Å². The highest BCUT2D eigenvalue weighted by Gasteiger charge is 2.09. The van der Waals surface area contributed by atoms with E-state index in [4.69, 9.17) is 0 Å². The van der Waals surface area contributed by atoms with E-state index in [0.717, 1.165) is 11.1 Å². The molecule has 0 spiro atoms. The lowest BCUT2D eigenvalue weighted by Gasteiger charge is -2.03. The predicted octanol–water partition coefficient (Wildman–Crippen LogP) is 4.32. The van der Waals surface area contributed by atoms with Crippen LogP contribution in [0.2, 0.25) is 0 Å². The van der Waals surface area contributed by atoms with Crippen LogP contribution in [-0.2, 0) is 6.42 Å². The number of carbonyl (C=O) groups is 1. The SMILES string of the molecule is Cc1ccc(CC(=O)c2ccc(Br)c(F)c2)cc1. The van der Waals surface area contributed by atoms with E-state index in [0.29, 0.717) is 16.5 Å². The summed E-state index contributed by atoms with van der Waals surface area (Å²) >= 11 is 3.07. The number of ketones is 1. The topological polar surface area (TPSA) is 17.1 Å². The van der Waals surface area contributed by atoms with Crippen molar-refractivity contribution < 1.29 is 9.18 Å². The first kappa shape index (κ1) is 13.0. The summed E-state index contributed by atoms with van der Waals surface area (Å²) in [7, 11) is 0. The number of Topliss-reactive ketones (excluding diaryl/α,β-unsaturated/α-hetero) is 1. The molecule has 0 radical (unpaired) electrons. The number of benzene rings is 2. The zero-order valence-electron chi connectivity index (χ0n) is 9.91. The van der Waals surface area contributed by atoms with Gasteiger partial charge in [-0.25, -0.2) is 4.39 Å². The summed E-state index contributed by atoms with van der Waals surface area (Å²) in [5.74, 6) is -0.491. The fourth-order valence-corrected chi connectivity index (χ4v) is 1.91. The average Bonchev–Trinajstić information content (AvgIpc) is 2.35. The molecule has 0 amide bonds. The Balaban J connectivity index is 2.16. The molecule has 18 heavy (non-hydrogen) atoms. The Morgan fingerprint density at radius 1 is 1.17 bits per heavy atom. The molecule has 0 heterocycles. The molecule has 3 heteroatoms. The molecule has 0 aromatic heterocycles. The Kier molecular flexibility index (Phi) is 3.92. The van der Waals surface area contributed by atoms with Gasteiger partial charge in [-0.2, -0.15) is 0 Å². The highest BCUT2D eigenvalue weighted by atomic mass is 79.9. The molecule has 0 saturated heterocycles. The molecule has 0 aliphatic carbocycles. The predicted molar refractivity (Wildman–Crippen MR) is 73.3 cm³/mol. The van der Waals surface area contributed by atoms with E-state index in [1.54, 1.807) is 12.1 Å². The summed E-state index contributed by atoms with van der Waals surface area (Å²) in [5.41, 5.74) is 2.49. The van der Waals surface area contributed by atoms with Crippen molar-refractivity contribution in [3.63, 3.8) is 0 Å². The first-order chi connectivity index (χ1) is 8.56. The molecule has 0 atom stereocenters. The lowest BCUT2D eigenvalue weighted by molar-refractivity contribution is 0.0992. The third kappa shape index (κ3) is 3.05. The number of carbonyl (C=O) groups excluding carboxylic acids is 1. The first-order valence-corrected chi connectivity index (χ1v) is 6.39. The van der Waals surface area contributed by atoms with Crippen LogP contribution in [0, 0.1) is 12.7 Å². The van der Waals surface area contributed by atoms with Crippen LogP contribution in [-0.4, -0.2) is 5.78 Å². The van der Waals surface area contributed by atoms with E-state index in [1.807, 2.05) is 31.2 Å². The van der Waals surface area contributed by atoms with Crippen molar-refractivity contribution in [3.05, 3.63) is 69.4 Å². The van der Waals surface area contributed by atoms with Gasteiger partial charge in [-0.15, -0.1) is 0 Å². The number of hydrogen-bond acceptors (Lipinski definition) is 1. The largest absolute Gasteiger partial charge is 0.294 e. The fourth-order valence-electron chi connectivity index (χ4n) is 1.66. The van der Waals surface area contributed by atoms with Gasteiger partial charge < -0.3 is 0 Å². The maximum absolute atomic E-state index is 13.3. The molecule has 2 aromatic rings. The number of rotatable bonds is 3. The van der Waals surface area contributed by atoms with Gasteiger partial charge in [0.15, 0.2) is 5.78 Å². The molecule has 92 valence electrons. The molecule has 2 rings (SSSR count). The molecule has 0 aliphatic heterocycles. The quantitative estimate of drug-likeness (QED) is 0.772. The Morgan fingerprint density at radius 2 is 1.83 bits per heavy atom. The summed E-state index contributed by atoms with van der Waals surface area (Å²) in [6, 6.07) is 12.2. The summed E-state index contributed by atoms with van der Waals surface area (Å²) in [4.78, 5) is 12.0. The van der Waals surface area contributed by atoms with E-state index in [9.17, 15) is 9.18 Å². The van der Waals surface area contributed by atoms with E-state index in [2.05, 4.69) is 15.9 Å². The second-order valence-corrected chi connectivity index (χ2v) is 5.07. The maximum atomic E-state index is 13.3. The Labute approximate surface area is 114 Å². The standard InChI is InChI=1S/C15H12BrFO/c1-10-2-4-11(5-3-10)8-15(18)12-6-7-13(16)14(17)9-12/h2-7,9H,8H2,1H3. The molecule has 0 bridgehead atoms. The van der Waals surface area contributed by atoms with Crippen molar-refractivity contribution in [2.24, 2.45) is 0 Å². The van der Waals surface area contributed by atoms with Crippen LogP contribution in [0.25, 0.3) is 0 Å². The van der Waals surface area contributed by atoms with Gasteiger partial charge in [0.25, 0.3) is 0 Å². The van der Waals surface area contributed by atoms with E-state index >= 15 is 0 Å². The normalized spacial score (nSPS) is 10.4. The molecular formula is C15H12BrFO. The smallest absolute Gasteiger partial charge is 0.167 e. The van der Waals surface area contributed by atoms with Gasteiger partial charge in [0.2, 0.25) is 0 Å². The van der Waals surface area contributed by atoms with Gasteiger partial charge in [0.1, 0.15) is 5.82 Å². The van der Waals surface area contributed by atoms with Gasteiger partial charge in [0.05, 0.1) is 4.47 Å². The molecule has 1 nitrogen and oxygen atoms in total. The second-order valence-electron chi connectivity index (χ2n) is 4.21. The van der Waals surface area contributed by atoms with Crippen molar-refractivity contribution in [3.8, 4) is 0 Å². The van der Waals surface area contributed by atoms with Crippen LogP contribution in [0.5, 0.6) is 0 Å². The van der Waals surface area contributed by atoms with Crippen LogP contribution in [0.1, 0.15) is 21.5 Å². The molecular weight excluding hydrogens is 295 g/mol. The third-order valence-electron chi connectivity index (χ3n) is 2.73.